The third-order valence-corrected chi connectivity index (χ3v) is 3.95. The van der Waals surface area contributed by atoms with Crippen LogP contribution >= 0.6 is 0 Å². The summed E-state index contributed by atoms with van der Waals surface area (Å²) < 4.78 is 0. The number of fused-ring (bicyclic) bond motifs is 1. The fourth-order valence-corrected chi connectivity index (χ4v) is 2.60. The molecule has 0 atom stereocenters. The number of amides is 2. The molecule has 0 aliphatic carbocycles. The Morgan fingerprint density at radius 3 is 2.78 bits per heavy atom. The van der Waals surface area contributed by atoms with E-state index in [0.29, 0.717) is 13.1 Å². The van der Waals surface area contributed by atoms with E-state index in [0.717, 1.165) is 24.8 Å². The van der Waals surface area contributed by atoms with Crippen LogP contribution in [0.4, 0.5) is 0 Å². The van der Waals surface area contributed by atoms with Gasteiger partial charge in [0.25, 0.3) is 0 Å². The van der Waals surface area contributed by atoms with Gasteiger partial charge < -0.3 is 15.2 Å². The van der Waals surface area contributed by atoms with Crippen molar-refractivity contribution in [2.75, 3.05) is 19.6 Å². The van der Waals surface area contributed by atoms with Crippen LogP contribution in [0.2, 0.25) is 0 Å². The molecule has 124 valence electrons. The second-order valence-corrected chi connectivity index (χ2v) is 5.75. The number of unbranched alkanes of at least 4 members (excludes halogenated alkanes) is 1. The summed E-state index contributed by atoms with van der Waals surface area (Å²) >= 11 is 0. The van der Waals surface area contributed by atoms with E-state index in [9.17, 15) is 9.59 Å². The average molecular weight is 315 g/mol. The number of hydrogen-bond acceptors (Lipinski definition) is 2. The van der Waals surface area contributed by atoms with Gasteiger partial charge in [-0.3, -0.25) is 9.59 Å². The number of para-hydroxylation sites is 1. The third kappa shape index (κ3) is 4.84. The van der Waals surface area contributed by atoms with Crippen LogP contribution in [0.3, 0.4) is 0 Å². The molecule has 5 heteroatoms. The molecule has 23 heavy (non-hydrogen) atoms. The van der Waals surface area contributed by atoms with Crippen molar-refractivity contribution in [1.82, 2.24) is 15.2 Å². The van der Waals surface area contributed by atoms with Gasteiger partial charge in [0.2, 0.25) is 11.8 Å². The maximum atomic E-state index is 12.0. The summed E-state index contributed by atoms with van der Waals surface area (Å²) in [5.41, 5.74) is 2.30. The van der Waals surface area contributed by atoms with Gasteiger partial charge in [-0.1, -0.05) is 31.5 Å². The molecule has 0 saturated carbocycles. The molecule has 1 aromatic heterocycles. The Hall–Kier alpha value is -2.30. The summed E-state index contributed by atoms with van der Waals surface area (Å²) in [5, 5.41) is 4.09. The van der Waals surface area contributed by atoms with Crippen LogP contribution < -0.4 is 5.32 Å². The molecule has 1 heterocycles. The van der Waals surface area contributed by atoms with Gasteiger partial charge in [0.1, 0.15) is 0 Å². The topological polar surface area (TPSA) is 65.2 Å². The first kappa shape index (κ1) is 17.1. The monoisotopic (exact) mass is 315 g/mol. The van der Waals surface area contributed by atoms with Crippen LogP contribution in [-0.4, -0.2) is 41.3 Å². The predicted molar refractivity (Wildman–Crippen MR) is 92.2 cm³/mol. The summed E-state index contributed by atoms with van der Waals surface area (Å²) in [4.78, 5) is 28.4. The van der Waals surface area contributed by atoms with Crippen molar-refractivity contribution in [3.05, 3.63) is 36.0 Å². The van der Waals surface area contributed by atoms with E-state index in [-0.39, 0.29) is 18.4 Å². The molecule has 0 fully saturated rings. The van der Waals surface area contributed by atoms with Crippen LogP contribution in [0.5, 0.6) is 0 Å². The average Bonchev–Trinajstić information content (AvgIpc) is 2.94. The fourth-order valence-electron chi connectivity index (χ4n) is 2.60. The molecule has 0 radical (unpaired) electrons. The number of nitrogens with zero attached hydrogens (tertiary/aromatic N) is 1. The van der Waals surface area contributed by atoms with Crippen LogP contribution in [0.1, 0.15) is 32.3 Å². The summed E-state index contributed by atoms with van der Waals surface area (Å²) in [5.74, 6) is -0.152. The Kier molecular flexibility index (Phi) is 6.20. The number of benzene rings is 1. The second kappa shape index (κ2) is 8.36. The molecule has 0 saturated heterocycles. The fraction of sp³-hybridized carbons (Fsp3) is 0.444. The van der Waals surface area contributed by atoms with Crippen LogP contribution in [0.25, 0.3) is 10.9 Å². The predicted octanol–water partition coefficient (Wildman–Crippen LogP) is 2.48. The van der Waals surface area contributed by atoms with Crippen molar-refractivity contribution >= 4 is 22.7 Å². The van der Waals surface area contributed by atoms with Crippen molar-refractivity contribution in [1.29, 1.82) is 0 Å². The van der Waals surface area contributed by atoms with Crippen LogP contribution in [0, 0.1) is 0 Å². The minimum absolute atomic E-state index is 0.0507. The van der Waals surface area contributed by atoms with Gasteiger partial charge in [-0.25, -0.2) is 0 Å². The summed E-state index contributed by atoms with van der Waals surface area (Å²) in [6.45, 7) is 4.93. The van der Waals surface area contributed by atoms with Gasteiger partial charge in [0.05, 0.1) is 6.54 Å². The Morgan fingerprint density at radius 2 is 2.04 bits per heavy atom. The molecule has 2 rings (SSSR count). The van der Waals surface area contributed by atoms with Gasteiger partial charge in [0, 0.05) is 37.1 Å². The summed E-state index contributed by atoms with van der Waals surface area (Å²) in [6.07, 6.45) is 4.68. The Morgan fingerprint density at radius 1 is 1.26 bits per heavy atom. The van der Waals surface area contributed by atoms with Gasteiger partial charge in [-0.15, -0.1) is 0 Å². The second-order valence-electron chi connectivity index (χ2n) is 5.75. The third-order valence-electron chi connectivity index (χ3n) is 3.95. The number of nitrogens with one attached hydrogen (secondary N) is 2. The van der Waals surface area contributed by atoms with Crippen molar-refractivity contribution < 1.29 is 9.59 Å². The molecule has 0 bridgehead atoms. The van der Waals surface area contributed by atoms with Crippen molar-refractivity contribution in [2.45, 2.75) is 33.1 Å². The smallest absolute Gasteiger partial charge is 0.239 e. The Labute approximate surface area is 137 Å². The van der Waals surface area contributed by atoms with Crippen LogP contribution in [0.15, 0.2) is 30.5 Å². The van der Waals surface area contributed by atoms with E-state index in [4.69, 9.17) is 0 Å². The van der Waals surface area contributed by atoms with Gasteiger partial charge in [-0.05, 0) is 24.5 Å². The van der Waals surface area contributed by atoms with Gasteiger partial charge in [0.15, 0.2) is 0 Å². The first-order valence-corrected chi connectivity index (χ1v) is 8.19. The molecule has 5 nitrogen and oxygen atoms in total. The normalized spacial score (nSPS) is 10.7. The minimum Gasteiger partial charge on any atom is -0.361 e. The molecular formula is C18H25N3O2. The number of carbonyl (C=O) groups excluding carboxylic acids is 2. The number of aromatic amines is 1. The minimum atomic E-state index is -0.101. The van der Waals surface area contributed by atoms with E-state index in [2.05, 4.69) is 23.3 Å². The quantitative estimate of drug-likeness (QED) is 0.786. The highest BCUT2D eigenvalue weighted by atomic mass is 16.2. The first-order chi connectivity index (χ1) is 11.1. The maximum absolute atomic E-state index is 12.0. The van der Waals surface area contributed by atoms with Gasteiger partial charge >= 0.3 is 0 Å². The highest BCUT2D eigenvalue weighted by Crippen LogP contribution is 2.17. The molecule has 0 unspecified atom stereocenters. The lowest BCUT2D eigenvalue weighted by molar-refractivity contribution is -0.134. The molecule has 2 amide bonds. The SMILES string of the molecule is CCCCN(CC(=O)NCCc1c[nH]c2ccccc12)C(C)=O. The molecule has 1 aromatic carbocycles. The molecule has 0 spiro atoms. The lowest BCUT2D eigenvalue weighted by atomic mass is 10.1. The lowest BCUT2D eigenvalue weighted by Crippen LogP contribution is -2.40. The number of aromatic nitrogens is 1. The van der Waals surface area contributed by atoms with E-state index in [1.165, 1.54) is 17.9 Å². The van der Waals surface area contributed by atoms with E-state index in [1.807, 2.05) is 24.4 Å². The highest BCUT2D eigenvalue weighted by molar-refractivity contribution is 5.84. The zero-order valence-electron chi connectivity index (χ0n) is 13.9. The van der Waals surface area contributed by atoms with Crippen LogP contribution in [-0.2, 0) is 16.0 Å². The van der Waals surface area contributed by atoms with Crippen molar-refractivity contribution in [3.8, 4) is 0 Å². The zero-order valence-corrected chi connectivity index (χ0v) is 13.9. The van der Waals surface area contributed by atoms with E-state index >= 15 is 0 Å². The van der Waals surface area contributed by atoms with Gasteiger partial charge in [-0.2, -0.15) is 0 Å². The molecular weight excluding hydrogens is 290 g/mol. The maximum Gasteiger partial charge on any atom is 0.239 e. The molecule has 2 aromatic rings. The lowest BCUT2D eigenvalue weighted by Gasteiger charge is -2.20. The molecule has 2 N–H and O–H groups in total. The Balaban J connectivity index is 1.81. The molecule has 0 aliphatic heterocycles. The zero-order chi connectivity index (χ0) is 16.7. The van der Waals surface area contributed by atoms with Crippen molar-refractivity contribution in [3.63, 3.8) is 0 Å². The summed E-state index contributed by atoms with van der Waals surface area (Å²) in [6, 6.07) is 8.12. The number of rotatable bonds is 8. The largest absolute Gasteiger partial charge is 0.361 e. The number of H-pyrrole nitrogens is 1. The van der Waals surface area contributed by atoms with E-state index in [1.54, 1.807) is 4.90 Å². The number of carbonyl (C=O) groups is 2. The highest BCUT2D eigenvalue weighted by Gasteiger charge is 2.12. The van der Waals surface area contributed by atoms with Crippen molar-refractivity contribution in [2.24, 2.45) is 0 Å². The summed E-state index contributed by atoms with van der Waals surface area (Å²) in [7, 11) is 0. The first-order valence-electron chi connectivity index (χ1n) is 8.19. The number of hydrogen-bond donors (Lipinski definition) is 2. The van der Waals surface area contributed by atoms with E-state index < -0.39 is 0 Å². The molecule has 0 aliphatic rings. The Bertz CT molecular complexity index is 663. The standard InChI is InChI=1S/C18H25N3O2/c1-3-4-11-21(14(2)22)13-18(23)19-10-9-15-12-20-17-8-6-5-7-16(15)17/h5-8,12,20H,3-4,9-11,13H2,1-2H3,(H,19,23).